The minimum atomic E-state index is 0.351. The van der Waals surface area contributed by atoms with Crippen molar-refractivity contribution in [2.45, 2.75) is 78.4 Å². The highest BCUT2D eigenvalue weighted by Gasteiger charge is 2.38. The summed E-state index contributed by atoms with van der Waals surface area (Å²) in [6.07, 6.45) is 3.77. The van der Waals surface area contributed by atoms with Crippen LogP contribution in [0.25, 0.3) is 0 Å². The lowest BCUT2D eigenvalue weighted by Gasteiger charge is -2.50. The second kappa shape index (κ2) is 6.19. The van der Waals surface area contributed by atoms with Crippen LogP contribution in [0.15, 0.2) is 0 Å². The molecule has 0 spiro atoms. The first-order chi connectivity index (χ1) is 7.94. The predicted octanol–water partition coefficient (Wildman–Crippen LogP) is 3.27. The van der Waals surface area contributed by atoms with Crippen molar-refractivity contribution in [3.05, 3.63) is 0 Å². The first-order valence-corrected chi connectivity index (χ1v) is 7.44. The van der Waals surface area contributed by atoms with Gasteiger partial charge in [-0.3, -0.25) is 4.90 Å². The van der Waals surface area contributed by atoms with E-state index < -0.39 is 0 Å². The minimum Gasteiger partial charge on any atom is -0.314 e. The number of hydrogen-bond acceptors (Lipinski definition) is 2. The highest BCUT2D eigenvalue weighted by atomic mass is 15.2. The topological polar surface area (TPSA) is 15.3 Å². The fraction of sp³-hybridized carbons (Fsp3) is 1.00. The molecule has 2 heteroatoms. The fourth-order valence-corrected chi connectivity index (χ4v) is 3.04. The van der Waals surface area contributed by atoms with Crippen molar-refractivity contribution in [2.24, 2.45) is 5.92 Å². The second-order valence-corrected chi connectivity index (χ2v) is 6.31. The molecule has 3 atom stereocenters. The van der Waals surface area contributed by atoms with Gasteiger partial charge in [-0.1, -0.05) is 20.8 Å². The van der Waals surface area contributed by atoms with Crippen LogP contribution in [0, 0.1) is 5.92 Å². The number of nitrogens with zero attached hydrogens (tertiary/aromatic N) is 1. The first kappa shape index (κ1) is 15.0. The summed E-state index contributed by atoms with van der Waals surface area (Å²) in [6.45, 7) is 16.5. The van der Waals surface area contributed by atoms with Gasteiger partial charge in [0.2, 0.25) is 0 Å². The Morgan fingerprint density at radius 3 is 2.41 bits per heavy atom. The highest BCUT2D eigenvalue weighted by molar-refractivity contribution is 4.94. The van der Waals surface area contributed by atoms with E-state index in [-0.39, 0.29) is 0 Å². The Kier molecular flexibility index (Phi) is 5.46. The molecule has 1 fully saturated rings. The molecular formula is C15H32N2. The third kappa shape index (κ3) is 3.45. The molecule has 0 saturated carbocycles. The van der Waals surface area contributed by atoms with Crippen LogP contribution in [0.4, 0.5) is 0 Å². The highest BCUT2D eigenvalue weighted by Crippen LogP contribution is 2.31. The summed E-state index contributed by atoms with van der Waals surface area (Å²) in [4.78, 5) is 2.71. The molecule has 3 unspecified atom stereocenters. The molecule has 0 bridgehead atoms. The molecule has 17 heavy (non-hydrogen) atoms. The summed E-state index contributed by atoms with van der Waals surface area (Å²) in [7, 11) is 0. The van der Waals surface area contributed by atoms with Gasteiger partial charge in [-0.25, -0.2) is 0 Å². The Bertz CT molecular complexity index is 225. The third-order valence-electron chi connectivity index (χ3n) is 4.87. The molecule has 0 aromatic rings. The van der Waals surface area contributed by atoms with E-state index in [0.717, 1.165) is 5.92 Å². The standard InChI is InChI=1S/C15H32N2/c1-7-10-16-14-9-11-17(13(4)12(14)3)15(5,6)8-2/h12-14,16H,7-11H2,1-6H3. The molecule has 1 N–H and O–H groups in total. The number of likely N-dealkylation sites (tertiary alicyclic amines) is 1. The van der Waals surface area contributed by atoms with Gasteiger partial charge in [0.15, 0.2) is 0 Å². The molecule has 0 aromatic heterocycles. The van der Waals surface area contributed by atoms with E-state index in [9.17, 15) is 0 Å². The summed E-state index contributed by atoms with van der Waals surface area (Å²) >= 11 is 0. The van der Waals surface area contributed by atoms with Crippen molar-refractivity contribution >= 4 is 0 Å². The molecule has 1 heterocycles. The van der Waals surface area contributed by atoms with Gasteiger partial charge in [0.05, 0.1) is 0 Å². The van der Waals surface area contributed by atoms with E-state index in [4.69, 9.17) is 0 Å². The largest absolute Gasteiger partial charge is 0.314 e. The Balaban J connectivity index is 2.62. The minimum absolute atomic E-state index is 0.351. The van der Waals surface area contributed by atoms with Gasteiger partial charge in [-0.05, 0) is 52.5 Å². The van der Waals surface area contributed by atoms with E-state index in [0.29, 0.717) is 17.6 Å². The van der Waals surface area contributed by atoms with Crippen LogP contribution in [-0.2, 0) is 0 Å². The van der Waals surface area contributed by atoms with Crippen molar-refractivity contribution < 1.29 is 0 Å². The quantitative estimate of drug-likeness (QED) is 0.793. The van der Waals surface area contributed by atoms with Crippen molar-refractivity contribution in [1.82, 2.24) is 10.2 Å². The molecule has 0 radical (unpaired) electrons. The predicted molar refractivity (Wildman–Crippen MR) is 76.4 cm³/mol. The average molecular weight is 240 g/mol. The maximum absolute atomic E-state index is 3.71. The Morgan fingerprint density at radius 2 is 1.88 bits per heavy atom. The van der Waals surface area contributed by atoms with Crippen molar-refractivity contribution in [3.63, 3.8) is 0 Å². The van der Waals surface area contributed by atoms with Crippen LogP contribution >= 0.6 is 0 Å². The van der Waals surface area contributed by atoms with Gasteiger partial charge in [-0.15, -0.1) is 0 Å². The number of rotatable bonds is 5. The lowest BCUT2D eigenvalue weighted by Crippen LogP contribution is -2.59. The van der Waals surface area contributed by atoms with E-state index >= 15 is 0 Å². The van der Waals surface area contributed by atoms with Crippen molar-refractivity contribution in [1.29, 1.82) is 0 Å². The van der Waals surface area contributed by atoms with E-state index in [2.05, 4.69) is 51.8 Å². The van der Waals surface area contributed by atoms with E-state index in [1.165, 1.54) is 32.4 Å². The molecule has 2 nitrogen and oxygen atoms in total. The van der Waals surface area contributed by atoms with Crippen LogP contribution in [0.3, 0.4) is 0 Å². The second-order valence-electron chi connectivity index (χ2n) is 6.31. The molecule has 0 aromatic carbocycles. The monoisotopic (exact) mass is 240 g/mol. The Hall–Kier alpha value is -0.0800. The maximum atomic E-state index is 3.71. The van der Waals surface area contributed by atoms with Gasteiger partial charge < -0.3 is 5.32 Å². The molecule has 1 saturated heterocycles. The number of hydrogen-bond donors (Lipinski definition) is 1. The molecule has 1 rings (SSSR count). The molecule has 0 aliphatic carbocycles. The van der Waals surface area contributed by atoms with Crippen LogP contribution in [0.2, 0.25) is 0 Å². The lowest BCUT2D eigenvalue weighted by molar-refractivity contribution is 0.00287. The van der Waals surface area contributed by atoms with Gasteiger partial charge in [-0.2, -0.15) is 0 Å². The molecular weight excluding hydrogens is 208 g/mol. The van der Waals surface area contributed by atoms with Gasteiger partial charge in [0, 0.05) is 24.2 Å². The Morgan fingerprint density at radius 1 is 1.24 bits per heavy atom. The van der Waals surface area contributed by atoms with Crippen molar-refractivity contribution in [3.8, 4) is 0 Å². The fourth-order valence-electron chi connectivity index (χ4n) is 3.04. The molecule has 102 valence electrons. The molecule has 1 aliphatic rings. The summed E-state index contributed by atoms with van der Waals surface area (Å²) in [5.41, 5.74) is 0.351. The normalized spacial score (nSPS) is 31.8. The third-order valence-corrected chi connectivity index (χ3v) is 4.87. The molecule has 1 aliphatic heterocycles. The van der Waals surface area contributed by atoms with Crippen LogP contribution in [0.1, 0.15) is 60.8 Å². The zero-order chi connectivity index (χ0) is 13.1. The van der Waals surface area contributed by atoms with Gasteiger partial charge in [0.1, 0.15) is 0 Å². The summed E-state index contributed by atoms with van der Waals surface area (Å²) in [6, 6.07) is 1.40. The Labute approximate surface area is 108 Å². The maximum Gasteiger partial charge on any atom is 0.0153 e. The van der Waals surface area contributed by atoms with Crippen LogP contribution < -0.4 is 5.32 Å². The van der Waals surface area contributed by atoms with E-state index in [1.54, 1.807) is 0 Å². The summed E-state index contributed by atoms with van der Waals surface area (Å²) in [5, 5.41) is 3.71. The SMILES string of the molecule is CCCNC1CCN(C(C)(C)CC)C(C)C1C. The summed E-state index contributed by atoms with van der Waals surface area (Å²) < 4.78 is 0. The number of piperidine rings is 1. The zero-order valence-corrected chi connectivity index (χ0v) is 12.7. The van der Waals surface area contributed by atoms with Crippen LogP contribution in [-0.4, -0.2) is 35.6 Å². The first-order valence-electron chi connectivity index (χ1n) is 7.44. The van der Waals surface area contributed by atoms with Gasteiger partial charge >= 0.3 is 0 Å². The smallest absolute Gasteiger partial charge is 0.0153 e. The lowest BCUT2D eigenvalue weighted by atomic mass is 9.83. The number of nitrogens with one attached hydrogen (secondary N) is 1. The molecule has 0 amide bonds. The van der Waals surface area contributed by atoms with Gasteiger partial charge in [0.25, 0.3) is 0 Å². The van der Waals surface area contributed by atoms with Crippen LogP contribution in [0.5, 0.6) is 0 Å². The van der Waals surface area contributed by atoms with E-state index in [1.807, 2.05) is 0 Å². The average Bonchev–Trinajstić information content (AvgIpc) is 2.30. The zero-order valence-electron chi connectivity index (χ0n) is 12.7. The summed E-state index contributed by atoms with van der Waals surface area (Å²) in [5.74, 6) is 0.751. The van der Waals surface area contributed by atoms with Crippen molar-refractivity contribution in [2.75, 3.05) is 13.1 Å².